The van der Waals surface area contributed by atoms with Crippen molar-refractivity contribution in [2.45, 2.75) is 40.7 Å². The number of hydrogen-bond donors (Lipinski definition) is 0. The van der Waals surface area contributed by atoms with Crippen molar-refractivity contribution in [2.75, 3.05) is 19.8 Å². The predicted molar refractivity (Wildman–Crippen MR) is 120 cm³/mol. The van der Waals surface area contributed by atoms with Gasteiger partial charge in [0, 0.05) is 18.2 Å². The van der Waals surface area contributed by atoms with E-state index in [2.05, 4.69) is 4.99 Å². The van der Waals surface area contributed by atoms with E-state index in [0.717, 1.165) is 17.4 Å². The average Bonchev–Trinajstić information content (AvgIpc) is 3.07. The van der Waals surface area contributed by atoms with Crippen molar-refractivity contribution in [3.63, 3.8) is 0 Å². The molecule has 0 bridgehead atoms. The highest BCUT2D eigenvalue weighted by Gasteiger charge is 2.19. The van der Waals surface area contributed by atoms with Crippen molar-refractivity contribution >= 4 is 27.5 Å². The van der Waals surface area contributed by atoms with Crippen LogP contribution in [0, 0.1) is 11.6 Å². The van der Waals surface area contributed by atoms with E-state index in [0.29, 0.717) is 59.5 Å². The van der Waals surface area contributed by atoms with Gasteiger partial charge in [-0.3, -0.25) is 4.79 Å². The number of fused-ring (bicyclic) bond motifs is 1. The minimum atomic E-state index is -0.683. The topological polar surface area (TPSA) is 62.1 Å². The van der Waals surface area contributed by atoms with Crippen molar-refractivity contribution in [1.29, 1.82) is 0 Å². The van der Waals surface area contributed by atoms with Gasteiger partial charge in [-0.05, 0) is 45.4 Å². The first-order chi connectivity index (χ1) is 15.4. The van der Waals surface area contributed by atoms with Gasteiger partial charge in [0.15, 0.2) is 22.1 Å². The lowest BCUT2D eigenvalue weighted by atomic mass is 10.1. The van der Waals surface area contributed by atoms with Crippen LogP contribution in [0.15, 0.2) is 29.3 Å². The fourth-order valence-corrected chi connectivity index (χ4v) is 4.40. The highest BCUT2D eigenvalue weighted by molar-refractivity contribution is 7.16. The number of amides is 1. The zero-order valence-corrected chi connectivity index (χ0v) is 19.4. The fraction of sp³-hybridized carbons (Fsp3) is 0.391. The fourth-order valence-electron chi connectivity index (χ4n) is 3.31. The Balaban J connectivity index is 2.16. The van der Waals surface area contributed by atoms with Crippen LogP contribution in [0.5, 0.6) is 17.2 Å². The summed E-state index contributed by atoms with van der Waals surface area (Å²) in [7, 11) is 0. The summed E-state index contributed by atoms with van der Waals surface area (Å²) in [5.74, 6) is -0.723. The third kappa shape index (κ3) is 4.93. The number of hydrogen-bond acceptors (Lipinski definition) is 5. The van der Waals surface area contributed by atoms with Gasteiger partial charge < -0.3 is 18.8 Å². The Morgan fingerprint density at radius 1 is 0.969 bits per heavy atom. The number of aromatic nitrogens is 1. The molecule has 172 valence electrons. The first-order valence-electron chi connectivity index (χ1n) is 10.6. The molecule has 3 rings (SSSR count). The second-order valence-corrected chi connectivity index (χ2v) is 7.80. The van der Waals surface area contributed by atoms with E-state index in [-0.39, 0.29) is 11.1 Å². The molecule has 6 nitrogen and oxygen atoms in total. The molecule has 0 saturated carbocycles. The van der Waals surface area contributed by atoms with Gasteiger partial charge in [-0.2, -0.15) is 4.99 Å². The second kappa shape index (κ2) is 10.6. The van der Waals surface area contributed by atoms with E-state index in [1.54, 1.807) is 16.7 Å². The molecule has 0 atom stereocenters. The van der Waals surface area contributed by atoms with Crippen LogP contribution in [0.2, 0.25) is 0 Å². The molecule has 0 aliphatic rings. The van der Waals surface area contributed by atoms with E-state index in [1.165, 1.54) is 6.07 Å². The first-order valence-corrected chi connectivity index (χ1v) is 11.4. The van der Waals surface area contributed by atoms with Gasteiger partial charge in [-0.25, -0.2) is 8.78 Å². The number of thiazole rings is 1. The van der Waals surface area contributed by atoms with Gasteiger partial charge in [0.1, 0.15) is 5.82 Å². The molecule has 1 heterocycles. The number of halogens is 2. The van der Waals surface area contributed by atoms with E-state index in [9.17, 15) is 13.6 Å². The Labute approximate surface area is 189 Å². The number of nitrogens with zero attached hydrogens (tertiary/aromatic N) is 2. The summed E-state index contributed by atoms with van der Waals surface area (Å²) in [4.78, 5) is 17.6. The monoisotopic (exact) mass is 464 g/mol. The molecular formula is C23H26F2N2O4S. The summed E-state index contributed by atoms with van der Waals surface area (Å²) < 4.78 is 47.2. The Morgan fingerprint density at radius 2 is 1.59 bits per heavy atom. The zero-order chi connectivity index (χ0) is 23.3. The molecule has 1 aromatic heterocycles. The van der Waals surface area contributed by atoms with Gasteiger partial charge in [0.2, 0.25) is 5.75 Å². The predicted octanol–water partition coefficient (Wildman–Crippen LogP) is 5.33. The van der Waals surface area contributed by atoms with Crippen LogP contribution in [-0.2, 0) is 6.54 Å². The summed E-state index contributed by atoms with van der Waals surface area (Å²) >= 11 is 1.06. The first kappa shape index (κ1) is 23.7. The molecular weight excluding hydrogens is 438 g/mol. The quantitative estimate of drug-likeness (QED) is 0.430. The molecule has 0 aliphatic carbocycles. The number of benzene rings is 2. The molecule has 9 heteroatoms. The lowest BCUT2D eigenvalue weighted by Gasteiger charge is -2.16. The third-order valence-electron chi connectivity index (χ3n) is 4.50. The van der Waals surface area contributed by atoms with Crippen LogP contribution in [0.1, 0.15) is 44.5 Å². The summed E-state index contributed by atoms with van der Waals surface area (Å²) in [5.41, 5.74) is 0.481. The van der Waals surface area contributed by atoms with E-state index >= 15 is 0 Å². The van der Waals surface area contributed by atoms with E-state index < -0.39 is 17.5 Å². The van der Waals surface area contributed by atoms with Gasteiger partial charge in [-0.15, -0.1) is 0 Å². The number of carbonyl (C=O) groups excluding carboxylic acids is 1. The van der Waals surface area contributed by atoms with Crippen molar-refractivity contribution in [1.82, 2.24) is 4.57 Å². The Bertz CT molecular complexity index is 1160. The normalized spacial score (nSPS) is 11.8. The molecule has 3 aromatic rings. The maximum atomic E-state index is 14.5. The summed E-state index contributed by atoms with van der Waals surface area (Å²) in [6.07, 6.45) is 0.691. The van der Waals surface area contributed by atoms with Crippen LogP contribution in [0.4, 0.5) is 8.78 Å². The van der Waals surface area contributed by atoms with E-state index in [1.807, 2.05) is 27.7 Å². The molecule has 0 spiro atoms. The van der Waals surface area contributed by atoms with Crippen molar-refractivity contribution in [3.8, 4) is 17.2 Å². The van der Waals surface area contributed by atoms with Gasteiger partial charge in [-0.1, -0.05) is 18.3 Å². The number of carbonyl (C=O) groups is 1. The highest BCUT2D eigenvalue weighted by Crippen LogP contribution is 2.39. The summed E-state index contributed by atoms with van der Waals surface area (Å²) in [6, 6.07) is 5.19. The largest absolute Gasteiger partial charge is 0.490 e. The lowest BCUT2D eigenvalue weighted by Crippen LogP contribution is -2.17. The maximum absolute atomic E-state index is 14.5. The van der Waals surface area contributed by atoms with Crippen LogP contribution in [0.25, 0.3) is 10.2 Å². The second-order valence-electron chi connectivity index (χ2n) is 6.79. The Morgan fingerprint density at radius 3 is 2.16 bits per heavy atom. The molecule has 0 unspecified atom stereocenters. The lowest BCUT2D eigenvalue weighted by molar-refractivity contribution is 0.0996. The molecule has 0 aliphatic heterocycles. The van der Waals surface area contributed by atoms with E-state index in [4.69, 9.17) is 14.2 Å². The van der Waals surface area contributed by atoms with Gasteiger partial charge in [0.25, 0.3) is 5.91 Å². The van der Waals surface area contributed by atoms with Crippen molar-refractivity contribution in [2.24, 2.45) is 4.99 Å². The van der Waals surface area contributed by atoms with Crippen molar-refractivity contribution < 1.29 is 27.8 Å². The minimum absolute atomic E-state index is 0.238. The molecule has 32 heavy (non-hydrogen) atoms. The summed E-state index contributed by atoms with van der Waals surface area (Å²) in [5, 5.41) is 0. The molecule has 1 amide bonds. The third-order valence-corrected chi connectivity index (χ3v) is 5.52. The van der Waals surface area contributed by atoms with Crippen LogP contribution in [0.3, 0.4) is 0 Å². The zero-order valence-electron chi connectivity index (χ0n) is 18.5. The van der Waals surface area contributed by atoms with Crippen LogP contribution in [-0.4, -0.2) is 30.3 Å². The standard InChI is InChI=1S/C23H26F2N2O4S/c1-5-9-27-20-16(25)12-15(24)13-19(20)32-23(27)26-22(28)14-10-17(29-6-2)21(31-8-4)18(11-14)30-7-3/h10-13H,5-9H2,1-4H3. The Kier molecular flexibility index (Phi) is 7.84. The number of aryl methyl sites for hydroxylation is 1. The highest BCUT2D eigenvalue weighted by atomic mass is 32.1. The molecule has 0 saturated heterocycles. The minimum Gasteiger partial charge on any atom is -0.490 e. The van der Waals surface area contributed by atoms with Crippen LogP contribution < -0.4 is 19.0 Å². The smallest absolute Gasteiger partial charge is 0.279 e. The molecule has 0 fully saturated rings. The summed E-state index contributed by atoms with van der Waals surface area (Å²) in [6.45, 7) is 9.01. The van der Waals surface area contributed by atoms with Gasteiger partial charge in [0.05, 0.1) is 30.0 Å². The maximum Gasteiger partial charge on any atom is 0.279 e. The molecule has 0 radical (unpaired) electrons. The SMILES string of the molecule is CCCn1c(=NC(=O)c2cc(OCC)c(OCC)c(OCC)c2)sc2cc(F)cc(F)c21. The average molecular weight is 465 g/mol. The molecule has 2 aromatic carbocycles. The van der Waals surface area contributed by atoms with Gasteiger partial charge >= 0.3 is 0 Å². The van der Waals surface area contributed by atoms with Crippen molar-refractivity contribution in [3.05, 3.63) is 46.3 Å². The Hall–Kier alpha value is -2.94. The number of ether oxygens (including phenoxy) is 3. The molecule has 0 N–H and O–H groups in total. The van der Waals surface area contributed by atoms with Crippen LogP contribution >= 0.6 is 11.3 Å². The number of rotatable bonds is 9.